The molecule has 1 unspecified atom stereocenters. The molecule has 3 nitrogen and oxygen atoms in total. The van der Waals surface area contributed by atoms with Gasteiger partial charge in [-0.2, -0.15) is 0 Å². The summed E-state index contributed by atoms with van der Waals surface area (Å²) in [5.41, 5.74) is 1.30. The second-order valence-electron chi connectivity index (χ2n) is 6.04. The second kappa shape index (κ2) is 9.06. The lowest BCUT2D eigenvalue weighted by atomic mass is 10.1. The highest BCUT2D eigenvalue weighted by Crippen LogP contribution is 2.19. The zero-order chi connectivity index (χ0) is 14.9. The molecule has 0 amide bonds. The molecular weight excluding hydrogens is 260 g/mol. The third kappa shape index (κ3) is 5.68. The van der Waals surface area contributed by atoms with E-state index in [0.29, 0.717) is 0 Å². The van der Waals surface area contributed by atoms with Crippen LogP contribution < -0.4 is 10.1 Å². The average Bonchev–Trinajstić information content (AvgIpc) is 2.96. The van der Waals surface area contributed by atoms with Crippen molar-refractivity contribution in [3.8, 4) is 5.75 Å². The molecule has 0 aromatic heterocycles. The van der Waals surface area contributed by atoms with Gasteiger partial charge < -0.3 is 10.1 Å². The fraction of sp³-hybridized carbons (Fsp3) is 0.667. The van der Waals surface area contributed by atoms with E-state index in [2.05, 4.69) is 48.3 Å². The van der Waals surface area contributed by atoms with Gasteiger partial charge >= 0.3 is 0 Å². The lowest BCUT2D eigenvalue weighted by Crippen LogP contribution is -2.26. The Bertz CT molecular complexity index is 408. The molecule has 0 aliphatic carbocycles. The average molecular weight is 290 g/mol. The van der Waals surface area contributed by atoms with E-state index in [4.69, 9.17) is 4.74 Å². The van der Waals surface area contributed by atoms with Crippen molar-refractivity contribution in [3.05, 3.63) is 29.8 Å². The fourth-order valence-corrected chi connectivity index (χ4v) is 2.90. The van der Waals surface area contributed by atoms with Crippen LogP contribution in [0.5, 0.6) is 5.75 Å². The first-order chi connectivity index (χ1) is 10.3. The van der Waals surface area contributed by atoms with Gasteiger partial charge in [-0.25, -0.2) is 0 Å². The van der Waals surface area contributed by atoms with Crippen LogP contribution in [0.2, 0.25) is 0 Å². The van der Waals surface area contributed by atoms with Crippen LogP contribution >= 0.6 is 0 Å². The van der Waals surface area contributed by atoms with Crippen molar-refractivity contribution in [1.29, 1.82) is 0 Å². The van der Waals surface area contributed by atoms with Crippen LogP contribution in [0, 0.1) is 5.92 Å². The summed E-state index contributed by atoms with van der Waals surface area (Å²) >= 11 is 0. The summed E-state index contributed by atoms with van der Waals surface area (Å²) in [5.74, 6) is 1.90. The monoisotopic (exact) mass is 290 g/mol. The number of hydrogen-bond acceptors (Lipinski definition) is 3. The highest BCUT2D eigenvalue weighted by Gasteiger charge is 2.20. The maximum Gasteiger partial charge on any atom is 0.119 e. The van der Waals surface area contributed by atoms with Crippen LogP contribution in [0.25, 0.3) is 0 Å². The lowest BCUT2D eigenvalue weighted by molar-refractivity contribution is 0.232. The highest BCUT2D eigenvalue weighted by molar-refractivity contribution is 5.28. The molecule has 21 heavy (non-hydrogen) atoms. The molecule has 1 aromatic rings. The Kier molecular flexibility index (Phi) is 7.04. The molecule has 1 aromatic carbocycles. The van der Waals surface area contributed by atoms with Crippen molar-refractivity contribution >= 4 is 0 Å². The van der Waals surface area contributed by atoms with Gasteiger partial charge in [0.05, 0.1) is 0 Å². The van der Waals surface area contributed by atoms with E-state index in [9.17, 15) is 0 Å². The van der Waals surface area contributed by atoms with Gasteiger partial charge in [-0.15, -0.1) is 0 Å². The summed E-state index contributed by atoms with van der Waals surface area (Å²) in [6.45, 7) is 10.8. The van der Waals surface area contributed by atoms with Gasteiger partial charge in [0.1, 0.15) is 12.4 Å². The number of ether oxygens (including phenoxy) is 1. The third-order valence-electron chi connectivity index (χ3n) is 4.28. The zero-order valence-corrected chi connectivity index (χ0v) is 13.6. The smallest absolute Gasteiger partial charge is 0.119 e. The molecule has 1 N–H and O–H groups in total. The second-order valence-corrected chi connectivity index (χ2v) is 6.04. The Morgan fingerprint density at radius 3 is 3.00 bits per heavy atom. The van der Waals surface area contributed by atoms with Gasteiger partial charge in [-0.3, -0.25) is 4.90 Å². The zero-order valence-electron chi connectivity index (χ0n) is 13.6. The minimum absolute atomic E-state index is 0.794. The van der Waals surface area contributed by atoms with Gasteiger partial charge in [0, 0.05) is 19.6 Å². The molecule has 0 spiro atoms. The minimum atomic E-state index is 0.794. The predicted octanol–water partition coefficient (Wildman–Crippen LogP) is 3.30. The molecule has 1 aliphatic rings. The minimum Gasteiger partial charge on any atom is -0.492 e. The van der Waals surface area contributed by atoms with Gasteiger partial charge in [0.25, 0.3) is 0 Å². The van der Waals surface area contributed by atoms with E-state index in [-0.39, 0.29) is 0 Å². The summed E-state index contributed by atoms with van der Waals surface area (Å²) in [7, 11) is 0. The molecule has 1 aliphatic heterocycles. The number of nitrogens with zero attached hydrogens (tertiary/aromatic N) is 1. The van der Waals surface area contributed by atoms with Crippen molar-refractivity contribution in [2.24, 2.45) is 5.92 Å². The number of rotatable bonds is 9. The first-order valence-corrected chi connectivity index (χ1v) is 8.46. The third-order valence-corrected chi connectivity index (χ3v) is 4.28. The Hall–Kier alpha value is -1.06. The van der Waals surface area contributed by atoms with E-state index in [1.54, 1.807) is 0 Å². The number of benzene rings is 1. The molecule has 3 heteroatoms. The normalized spacial score (nSPS) is 19.0. The number of nitrogens with one attached hydrogen (secondary N) is 1. The van der Waals surface area contributed by atoms with Crippen LogP contribution in [0.3, 0.4) is 0 Å². The highest BCUT2D eigenvalue weighted by atomic mass is 16.5. The van der Waals surface area contributed by atoms with Gasteiger partial charge in [0.15, 0.2) is 0 Å². The Morgan fingerprint density at radius 2 is 2.24 bits per heavy atom. The molecular formula is C18H30N2O. The topological polar surface area (TPSA) is 24.5 Å². The Labute approximate surface area is 129 Å². The van der Waals surface area contributed by atoms with E-state index in [1.165, 1.54) is 37.9 Å². The summed E-state index contributed by atoms with van der Waals surface area (Å²) in [6, 6.07) is 8.45. The van der Waals surface area contributed by atoms with Gasteiger partial charge in [0.2, 0.25) is 0 Å². The maximum absolute atomic E-state index is 5.91. The van der Waals surface area contributed by atoms with Crippen LogP contribution in [-0.4, -0.2) is 37.7 Å². The molecule has 1 atom stereocenters. The van der Waals surface area contributed by atoms with E-state index in [1.807, 2.05) is 0 Å². The predicted molar refractivity (Wildman–Crippen MR) is 88.8 cm³/mol. The largest absolute Gasteiger partial charge is 0.492 e. The number of likely N-dealkylation sites (tertiary alicyclic amines) is 1. The first-order valence-electron chi connectivity index (χ1n) is 8.46. The summed E-state index contributed by atoms with van der Waals surface area (Å²) in [6.07, 6.45) is 3.84. The molecule has 0 radical (unpaired) electrons. The summed E-state index contributed by atoms with van der Waals surface area (Å²) in [5, 5.41) is 3.43. The van der Waals surface area contributed by atoms with Crippen molar-refractivity contribution in [3.63, 3.8) is 0 Å². The van der Waals surface area contributed by atoms with Crippen LogP contribution in [0.4, 0.5) is 0 Å². The summed E-state index contributed by atoms with van der Waals surface area (Å²) in [4.78, 5) is 2.53. The standard InChI is InChI=1S/C18H30N2O/c1-3-9-19-14-17-6-5-7-18(13-17)21-12-11-20-10-8-16(4-2)15-20/h5-7,13,16,19H,3-4,8-12,14-15H2,1-2H3. The van der Waals surface area contributed by atoms with E-state index >= 15 is 0 Å². The van der Waals surface area contributed by atoms with E-state index in [0.717, 1.165) is 37.9 Å². The molecule has 1 heterocycles. The molecule has 0 bridgehead atoms. The van der Waals surface area contributed by atoms with Crippen molar-refractivity contribution in [1.82, 2.24) is 10.2 Å². The Balaban J connectivity index is 1.69. The fourth-order valence-electron chi connectivity index (χ4n) is 2.90. The summed E-state index contributed by atoms with van der Waals surface area (Å²) < 4.78 is 5.91. The van der Waals surface area contributed by atoms with Crippen LogP contribution in [0.1, 0.15) is 38.7 Å². The number of hydrogen-bond donors (Lipinski definition) is 1. The Morgan fingerprint density at radius 1 is 1.33 bits per heavy atom. The molecule has 118 valence electrons. The molecule has 1 fully saturated rings. The van der Waals surface area contributed by atoms with Crippen LogP contribution in [-0.2, 0) is 6.54 Å². The quantitative estimate of drug-likeness (QED) is 0.706. The molecule has 1 saturated heterocycles. The molecule has 2 rings (SSSR count). The van der Waals surface area contributed by atoms with Gasteiger partial charge in [-0.05, 0) is 49.5 Å². The van der Waals surface area contributed by atoms with Gasteiger partial charge in [-0.1, -0.05) is 32.4 Å². The molecule has 0 saturated carbocycles. The van der Waals surface area contributed by atoms with Crippen molar-refractivity contribution in [2.75, 3.05) is 32.8 Å². The lowest BCUT2D eigenvalue weighted by Gasteiger charge is -2.16. The SMILES string of the molecule is CCCNCc1cccc(OCCN2CCC(CC)C2)c1. The van der Waals surface area contributed by atoms with Crippen molar-refractivity contribution in [2.45, 2.75) is 39.7 Å². The van der Waals surface area contributed by atoms with E-state index < -0.39 is 0 Å². The van der Waals surface area contributed by atoms with Crippen molar-refractivity contribution < 1.29 is 4.74 Å². The first kappa shape index (κ1) is 16.3. The van der Waals surface area contributed by atoms with Crippen LogP contribution in [0.15, 0.2) is 24.3 Å². The maximum atomic E-state index is 5.91.